The van der Waals surface area contributed by atoms with Crippen LogP contribution >= 0.6 is 11.6 Å². The topological polar surface area (TPSA) is 49.7 Å². The fraction of sp³-hybridized carbons (Fsp3) is 0.250. The summed E-state index contributed by atoms with van der Waals surface area (Å²) in [6.07, 6.45) is 0. The standard InChI is InChI=1S/C8H10BClO3/c10-8-3-1-7(2-4-8)9(12)13-6-5-11/h1-4,11-12H,5-6H2. The Kier molecular flexibility index (Phi) is 4.25. The fourth-order valence-corrected chi connectivity index (χ4v) is 1.01. The second-order valence-electron chi connectivity index (χ2n) is 2.50. The van der Waals surface area contributed by atoms with Crippen molar-refractivity contribution in [1.82, 2.24) is 0 Å². The van der Waals surface area contributed by atoms with Gasteiger partial charge in [0.25, 0.3) is 0 Å². The van der Waals surface area contributed by atoms with E-state index in [1.165, 1.54) is 0 Å². The number of aliphatic hydroxyl groups is 1. The molecule has 70 valence electrons. The average Bonchev–Trinajstić information content (AvgIpc) is 2.15. The van der Waals surface area contributed by atoms with Gasteiger partial charge in [-0.25, -0.2) is 0 Å². The maximum Gasteiger partial charge on any atom is 0.491 e. The molecular weight excluding hydrogens is 190 g/mol. The molecule has 5 heteroatoms. The van der Waals surface area contributed by atoms with Crippen LogP contribution in [0, 0.1) is 0 Å². The van der Waals surface area contributed by atoms with Crippen molar-refractivity contribution in [1.29, 1.82) is 0 Å². The Bertz CT molecular complexity index is 252. The lowest BCUT2D eigenvalue weighted by atomic mass is 9.80. The lowest BCUT2D eigenvalue weighted by Gasteiger charge is -2.06. The zero-order chi connectivity index (χ0) is 9.68. The Morgan fingerprint density at radius 1 is 1.31 bits per heavy atom. The van der Waals surface area contributed by atoms with Crippen molar-refractivity contribution in [3.05, 3.63) is 29.3 Å². The van der Waals surface area contributed by atoms with Gasteiger partial charge in [-0.05, 0) is 17.6 Å². The van der Waals surface area contributed by atoms with Crippen LogP contribution in [0.1, 0.15) is 0 Å². The van der Waals surface area contributed by atoms with E-state index in [1.54, 1.807) is 24.3 Å². The van der Waals surface area contributed by atoms with Gasteiger partial charge < -0.3 is 14.8 Å². The molecule has 1 rings (SSSR count). The Morgan fingerprint density at radius 3 is 2.46 bits per heavy atom. The van der Waals surface area contributed by atoms with Gasteiger partial charge in [0.1, 0.15) is 0 Å². The molecule has 0 atom stereocenters. The first-order chi connectivity index (χ1) is 6.24. The van der Waals surface area contributed by atoms with Crippen molar-refractivity contribution in [3.63, 3.8) is 0 Å². The fourth-order valence-electron chi connectivity index (χ4n) is 0.888. The molecule has 0 aromatic heterocycles. The minimum atomic E-state index is -0.996. The summed E-state index contributed by atoms with van der Waals surface area (Å²) in [4.78, 5) is 0. The van der Waals surface area contributed by atoms with Crippen LogP contribution in [0.4, 0.5) is 0 Å². The minimum Gasteiger partial charge on any atom is -0.423 e. The number of rotatable bonds is 4. The van der Waals surface area contributed by atoms with E-state index in [0.717, 1.165) is 0 Å². The van der Waals surface area contributed by atoms with Crippen molar-refractivity contribution in [2.75, 3.05) is 13.2 Å². The first-order valence-corrected chi connectivity index (χ1v) is 4.28. The van der Waals surface area contributed by atoms with E-state index < -0.39 is 7.12 Å². The number of benzene rings is 1. The molecule has 2 N–H and O–H groups in total. The molecule has 1 aromatic carbocycles. The summed E-state index contributed by atoms with van der Waals surface area (Å²) in [5.74, 6) is 0. The summed E-state index contributed by atoms with van der Waals surface area (Å²) >= 11 is 5.66. The second-order valence-corrected chi connectivity index (χ2v) is 2.93. The molecule has 0 spiro atoms. The van der Waals surface area contributed by atoms with Gasteiger partial charge >= 0.3 is 7.12 Å². The molecule has 0 radical (unpaired) electrons. The number of hydrogen-bond acceptors (Lipinski definition) is 3. The Labute approximate surface area is 82.1 Å². The van der Waals surface area contributed by atoms with E-state index >= 15 is 0 Å². The van der Waals surface area contributed by atoms with Crippen molar-refractivity contribution >= 4 is 24.2 Å². The van der Waals surface area contributed by atoms with E-state index in [-0.39, 0.29) is 13.2 Å². The number of halogens is 1. The van der Waals surface area contributed by atoms with Crippen molar-refractivity contribution in [3.8, 4) is 0 Å². The highest BCUT2D eigenvalue weighted by atomic mass is 35.5. The van der Waals surface area contributed by atoms with Crippen LogP contribution in [0.15, 0.2) is 24.3 Å². The predicted octanol–water partition coefficient (Wildman–Crippen LogP) is 0.0364. The zero-order valence-electron chi connectivity index (χ0n) is 6.98. The molecule has 0 aliphatic carbocycles. The third-order valence-corrected chi connectivity index (χ3v) is 1.77. The van der Waals surface area contributed by atoms with E-state index in [2.05, 4.69) is 0 Å². The van der Waals surface area contributed by atoms with Crippen molar-refractivity contribution < 1.29 is 14.8 Å². The first kappa shape index (κ1) is 10.5. The lowest BCUT2D eigenvalue weighted by molar-refractivity contribution is 0.183. The van der Waals surface area contributed by atoms with Crippen molar-refractivity contribution in [2.24, 2.45) is 0 Å². The summed E-state index contributed by atoms with van der Waals surface area (Å²) < 4.78 is 4.88. The third kappa shape index (κ3) is 3.36. The van der Waals surface area contributed by atoms with Gasteiger partial charge in [0.2, 0.25) is 0 Å². The summed E-state index contributed by atoms with van der Waals surface area (Å²) in [7, 11) is -0.996. The van der Waals surface area contributed by atoms with Crippen LogP contribution in [-0.2, 0) is 4.65 Å². The predicted molar refractivity (Wildman–Crippen MR) is 52.1 cm³/mol. The van der Waals surface area contributed by atoms with E-state index in [4.69, 9.17) is 21.4 Å². The van der Waals surface area contributed by atoms with Gasteiger partial charge in [-0.3, -0.25) is 0 Å². The molecule has 0 unspecified atom stereocenters. The Hall–Kier alpha value is -0.545. The quantitative estimate of drug-likeness (QED) is 0.675. The summed E-state index contributed by atoms with van der Waals surface area (Å²) in [5.41, 5.74) is 0.623. The van der Waals surface area contributed by atoms with Crippen molar-refractivity contribution in [2.45, 2.75) is 0 Å². The second kappa shape index (κ2) is 5.24. The maximum absolute atomic E-state index is 9.37. The highest BCUT2D eigenvalue weighted by Crippen LogP contribution is 2.04. The number of aliphatic hydroxyl groups excluding tert-OH is 1. The van der Waals surface area contributed by atoms with Crippen LogP contribution in [0.5, 0.6) is 0 Å². The van der Waals surface area contributed by atoms with Gasteiger partial charge in [0.15, 0.2) is 0 Å². The van der Waals surface area contributed by atoms with Gasteiger partial charge in [-0.1, -0.05) is 23.7 Å². The van der Waals surface area contributed by atoms with E-state index in [1.807, 2.05) is 0 Å². The lowest BCUT2D eigenvalue weighted by Crippen LogP contribution is -2.34. The SMILES string of the molecule is OCCOB(O)c1ccc(Cl)cc1. The molecule has 0 heterocycles. The third-order valence-electron chi connectivity index (χ3n) is 1.52. The largest absolute Gasteiger partial charge is 0.491 e. The smallest absolute Gasteiger partial charge is 0.423 e. The Morgan fingerprint density at radius 2 is 1.92 bits per heavy atom. The summed E-state index contributed by atoms with van der Waals surface area (Å²) in [6, 6.07) is 6.68. The molecule has 0 fully saturated rings. The Balaban J connectivity index is 2.55. The van der Waals surface area contributed by atoms with E-state index in [0.29, 0.717) is 10.5 Å². The molecular formula is C8H10BClO3. The molecule has 1 aromatic rings. The highest BCUT2D eigenvalue weighted by Gasteiger charge is 2.15. The molecule has 0 saturated carbocycles. The first-order valence-electron chi connectivity index (χ1n) is 3.90. The van der Waals surface area contributed by atoms with E-state index in [9.17, 15) is 5.02 Å². The van der Waals surface area contributed by atoms with Crippen LogP contribution in [0.3, 0.4) is 0 Å². The molecule has 0 bridgehead atoms. The molecule has 0 saturated heterocycles. The molecule has 13 heavy (non-hydrogen) atoms. The van der Waals surface area contributed by atoms with Gasteiger partial charge in [0, 0.05) is 5.02 Å². The van der Waals surface area contributed by atoms with Gasteiger partial charge in [-0.2, -0.15) is 0 Å². The molecule has 0 amide bonds. The monoisotopic (exact) mass is 200 g/mol. The summed E-state index contributed by atoms with van der Waals surface area (Å²) in [6.45, 7) is 0.00838. The zero-order valence-corrected chi connectivity index (χ0v) is 7.74. The summed E-state index contributed by atoms with van der Waals surface area (Å²) in [5, 5.41) is 18.4. The van der Waals surface area contributed by atoms with Crippen LogP contribution < -0.4 is 5.46 Å². The van der Waals surface area contributed by atoms with Crippen LogP contribution in [-0.4, -0.2) is 30.5 Å². The highest BCUT2D eigenvalue weighted by molar-refractivity contribution is 6.60. The van der Waals surface area contributed by atoms with Gasteiger partial charge in [0.05, 0.1) is 13.2 Å². The van der Waals surface area contributed by atoms with Crippen LogP contribution in [0.2, 0.25) is 5.02 Å². The minimum absolute atomic E-state index is 0.106. The molecule has 0 aliphatic rings. The average molecular weight is 200 g/mol. The maximum atomic E-state index is 9.37. The molecule has 3 nitrogen and oxygen atoms in total. The van der Waals surface area contributed by atoms with Crippen LogP contribution in [0.25, 0.3) is 0 Å². The normalized spacial score (nSPS) is 10.1. The number of hydrogen-bond donors (Lipinski definition) is 2. The van der Waals surface area contributed by atoms with Gasteiger partial charge in [-0.15, -0.1) is 0 Å². The molecule has 0 aliphatic heterocycles.